The predicted octanol–water partition coefficient (Wildman–Crippen LogP) is 3.23. The number of nitrogens with one attached hydrogen (secondary N) is 1. The molecule has 140 valence electrons. The molecule has 3 rings (SSSR count). The van der Waals surface area contributed by atoms with E-state index in [0.29, 0.717) is 18.7 Å². The van der Waals surface area contributed by atoms with Gasteiger partial charge in [-0.15, -0.1) is 0 Å². The summed E-state index contributed by atoms with van der Waals surface area (Å²) < 4.78 is 35.8. The minimum absolute atomic E-state index is 0.104. The maximum atomic E-state index is 12.1. The summed E-state index contributed by atoms with van der Waals surface area (Å²) in [5.74, 6) is -0.0265. The first-order valence-corrected chi connectivity index (χ1v) is 8.56. The van der Waals surface area contributed by atoms with Gasteiger partial charge in [0.05, 0.1) is 24.5 Å². The third-order valence-electron chi connectivity index (χ3n) is 4.12. The number of hydrogen-bond acceptors (Lipinski definition) is 4. The van der Waals surface area contributed by atoms with E-state index in [9.17, 15) is 13.6 Å². The molecule has 0 spiro atoms. The van der Waals surface area contributed by atoms with Crippen LogP contribution in [-0.4, -0.2) is 35.0 Å². The van der Waals surface area contributed by atoms with Gasteiger partial charge in [0.15, 0.2) is 0 Å². The molecule has 0 bridgehead atoms. The number of amides is 1. The molecule has 1 atom stereocenters. The van der Waals surface area contributed by atoms with Crippen molar-refractivity contribution >= 4 is 11.6 Å². The van der Waals surface area contributed by atoms with Crippen LogP contribution in [0.15, 0.2) is 36.7 Å². The summed E-state index contributed by atoms with van der Waals surface area (Å²) in [6.07, 6.45) is 6.49. The average molecular weight is 365 g/mol. The second-order valence-corrected chi connectivity index (χ2v) is 6.16. The molecule has 1 amide bonds. The van der Waals surface area contributed by atoms with Gasteiger partial charge in [-0.25, -0.2) is 0 Å². The molecular weight excluding hydrogens is 344 g/mol. The molecule has 1 unspecified atom stereocenters. The molecular formula is C18H21F2N3O3. The highest BCUT2D eigenvalue weighted by molar-refractivity contribution is 5.90. The number of benzene rings is 1. The highest BCUT2D eigenvalue weighted by Gasteiger charge is 2.16. The van der Waals surface area contributed by atoms with Crippen LogP contribution < -0.4 is 10.1 Å². The molecule has 8 heteroatoms. The molecule has 1 N–H and O–H groups in total. The monoisotopic (exact) mass is 365 g/mol. The number of halogens is 2. The van der Waals surface area contributed by atoms with Crippen molar-refractivity contribution in [3.63, 3.8) is 0 Å². The highest BCUT2D eigenvalue weighted by atomic mass is 19.3. The van der Waals surface area contributed by atoms with Crippen LogP contribution in [0.2, 0.25) is 0 Å². The standard InChI is InChI=1S/C18H21F2N3O3/c19-18(20)26-15-6-3-13(4-7-15)5-8-17(24)22-14-10-21-23(11-14)12-16-2-1-9-25-16/h3-4,6-7,10-11,16,18H,1-2,5,8-9,12H2,(H,22,24). The zero-order valence-corrected chi connectivity index (χ0v) is 14.2. The molecule has 2 aromatic rings. The first-order chi connectivity index (χ1) is 12.6. The summed E-state index contributed by atoms with van der Waals surface area (Å²) in [6.45, 7) is -1.36. The second kappa shape index (κ2) is 8.75. The SMILES string of the molecule is O=C(CCc1ccc(OC(F)F)cc1)Nc1cnn(CC2CCCO2)c1. The topological polar surface area (TPSA) is 65.4 Å². The van der Waals surface area contributed by atoms with E-state index in [2.05, 4.69) is 15.2 Å². The van der Waals surface area contributed by atoms with Crippen LogP contribution in [0.3, 0.4) is 0 Å². The van der Waals surface area contributed by atoms with E-state index in [4.69, 9.17) is 4.74 Å². The average Bonchev–Trinajstić information content (AvgIpc) is 3.26. The predicted molar refractivity (Wildman–Crippen MR) is 91.2 cm³/mol. The lowest BCUT2D eigenvalue weighted by Gasteiger charge is -2.08. The van der Waals surface area contributed by atoms with Crippen LogP contribution in [0.4, 0.5) is 14.5 Å². The lowest BCUT2D eigenvalue weighted by molar-refractivity contribution is -0.116. The van der Waals surface area contributed by atoms with Crippen molar-refractivity contribution in [1.82, 2.24) is 9.78 Å². The quantitative estimate of drug-likeness (QED) is 0.780. The summed E-state index contributed by atoms with van der Waals surface area (Å²) in [5.41, 5.74) is 1.52. The summed E-state index contributed by atoms with van der Waals surface area (Å²) in [5, 5.41) is 7.04. The molecule has 1 aromatic carbocycles. The van der Waals surface area contributed by atoms with Gasteiger partial charge < -0.3 is 14.8 Å². The number of aromatic nitrogens is 2. The molecule has 1 aliphatic rings. The Morgan fingerprint density at radius 1 is 1.38 bits per heavy atom. The lowest BCUT2D eigenvalue weighted by Crippen LogP contribution is -2.15. The number of nitrogens with zero attached hydrogens (tertiary/aromatic N) is 2. The van der Waals surface area contributed by atoms with Gasteiger partial charge in [0, 0.05) is 19.2 Å². The Kier molecular flexibility index (Phi) is 6.17. The zero-order chi connectivity index (χ0) is 18.4. The number of aryl methyl sites for hydroxylation is 1. The Morgan fingerprint density at radius 2 is 2.19 bits per heavy atom. The maximum Gasteiger partial charge on any atom is 0.387 e. The molecule has 1 aliphatic heterocycles. The maximum absolute atomic E-state index is 12.1. The minimum Gasteiger partial charge on any atom is -0.435 e. The fourth-order valence-electron chi connectivity index (χ4n) is 2.84. The van der Waals surface area contributed by atoms with Crippen molar-refractivity contribution in [2.75, 3.05) is 11.9 Å². The van der Waals surface area contributed by atoms with Crippen LogP contribution in [0.5, 0.6) is 5.75 Å². The van der Waals surface area contributed by atoms with Gasteiger partial charge in [0.25, 0.3) is 0 Å². The molecule has 0 saturated carbocycles. The summed E-state index contributed by atoms with van der Waals surface area (Å²) in [6, 6.07) is 6.28. The van der Waals surface area contributed by atoms with Crippen LogP contribution in [-0.2, 0) is 22.5 Å². The van der Waals surface area contributed by atoms with E-state index in [-0.39, 0.29) is 24.2 Å². The van der Waals surface area contributed by atoms with Crippen molar-refractivity contribution < 1.29 is 23.0 Å². The molecule has 2 heterocycles. The number of hydrogen-bond donors (Lipinski definition) is 1. The number of ether oxygens (including phenoxy) is 2. The summed E-state index contributed by atoms with van der Waals surface area (Å²) >= 11 is 0. The Bertz CT molecular complexity index is 713. The van der Waals surface area contributed by atoms with Crippen molar-refractivity contribution in [1.29, 1.82) is 0 Å². The van der Waals surface area contributed by atoms with E-state index in [1.165, 1.54) is 12.1 Å². The van der Waals surface area contributed by atoms with Crippen LogP contribution >= 0.6 is 0 Å². The summed E-state index contributed by atoms with van der Waals surface area (Å²) in [4.78, 5) is 12.1. The number of carbonyl (C=O) groups is 1. The van der Waals surface area contributed by atoms with Gasteiger partial charge in [-0.3, -0.25) is 9.48 Å². The van der Waals surface area contributed by atoms with Crippen molar-refractivity contribution in [3.8, 4) is 5.75 Å². The Hall–Kier alpha value is -2.48. The smallest absolute Gasteiger partial charge is 0.387 e. The fourth-order valence-corrected chi connectivity index (χ4v) is 2.84. The number of rotatable bonds is 8. The van der Waals surface area contributed by atoms with Gasteiger partial charge >= 0.3 is 6.61 Å². The molecule has 1 saturated heterocycles. The number of alkyl halides is 2. The van der Waals surface area contributed by atoms with Crippen LogP contribution in [0.25, 0.3) is 0 Å². The van der Waals surface area contributed by atoms with Crippen LogP contribution in [0.1, 0.15) is 24.8 Å². The minimum atomic E-state index is -2.84. The third kappa shape index (κ3) is 5.52. The largest absolute Gasteiger partial charge is 0.435 e. The zero-order valence-electron chi connectivity index (χ0n) is 14.2. The first kappa shape index (κ1) is 18.3. The van der Waals surface area contributed by atoms with Gasteiger partial charge in [0.1, 0.15) is 5.75 Å². The Labute approximate surface area is 150 Å². The van der Waals surface area contributed by atoms with E-state index in [0.717, 1.165) is 25.0 Å². The van der Waals surface area contributed by atoms with E-state index in [1.54, 1.807) is 29.2 Å². The fraction of sp³-hybridized carbons (Fsp3) is 0.444. The van der Waals surface area contributed by atoms with Gasteiger partial charge in [-0.1, -0.05) is 12.1 Å². The van der Waals surface area contributed by atoms with Crippen LogP contribution in [0, 0.1) is 0 Å². The number of anilines is 1. The Morgan fingerprint density at radius 3 is 2.88 bits per heavy atom. The number of carbonyl (C=O) groups excluding carboxylic acids is 1. The van der Waals surface area contributed by atoms with E-state index < -0.39 is 6.61 Å². The van der Waals surface area contributed by atoms with Crippen molar-refractivity contribution in [2.24, 2.45) is 0 Å². The highest BCUT2D eigenvalue weighted by Crippen LogP contribution is 2.17. The van der Waals surface area contributed by atoms with Gasteiger partial charge in [-0.2, -0.15) is 13.9 Å². The molecule has 0 radical (unpaired) electrons. The van der Waals surface area contributed by atoms with Crippen molar-refractivity contribution in [2.45, 2.75) is 44.9 Å². The van der Waals surface area contributed by atoms with E-state index in [1.807, 2.05) is 0 Å². The van der Waals surface area contributed by atoms with Gasteiger partial charge in [0.2, 0.25) is 5.91 Å². The first-order valence-electron chi connectivity index (χ1n) is 8.56. The van der Waals surface area contributed by atoms with Gasteiger partial charge in [-0.05, 0) is 37.0 Å². The van der Waals surface area contributed by atoms with E-state index >= 15 is 0 Å². The van der Waals surface area contributed by atoms with Crippen molar-refractivity contribution in [3.05, 3.63) is 42.2 Å². The Balaban J connectivity index is 1.43. The normalized spacial score (nSPS) is 16.8. The molecule has 1 fully saturated rings. The molecule has 0 aliphatic carbocycles. The molecule has 1 aromatic heterocycles. The molecule has 26 heavy (non-hydrogen) atoms. The second-order valence-electron chi connectivity index (χ2n) is 6.16. The lowest BCUT2D eigenvalue weighted by atomic mass is 10.1. The molecule has 6 nitrogen and oxygen atoms in total. The third-order valence-corrected chi connectivity index (χ3v) is 4.12. The summed E-state index contributed by atoms with van der Waals surface area (Å²) in [7, 11) is 0.